The number of azide groups is 1. The zero-order valence-electron chi connectivity index (χ0n) is 47.1. The van der Waals surface area contributed by atoms with Crippen molar-refractivity contribution in [3.8, 4) is 0 Å². The molecule has 6 N–H and O–H groups in total. The minimum absolute atomic E-state index is 0.0549. The van der Waals surface area contributed by atoms with E-state index in [1.807, 2.05) is 37.7 Å². The van der Waals surface area contributed by atoms with Crippen LogP contribution in [0.2, 0.25) is 0 Å². The molecule has 0 saturated carbocycles. The second-order valence-corrected chi connectivity index (χ2v) is 22.9. The predicted molar refractivity (Wildman–Crippen MR) is 275 cm³/mol. The molecule has 2 unspecified atom stereocenters. The second-order valence-electron chi connectivity index (χ2n) is 22.9. The first-order chi connectivity index (χ1) is 35.5. The maximum atomic E-state index is 14.5. The second kappa shape index (κ2) is 26.6. The normalized spacial score (nSPS) is 41.4. The van der Waals surface area contributed by atoms with Crippen LogP contribution < -0.4 is 11.2 Å². The van der Waals surface area contributed by atoms with Crippen LogP contribution in [-0.2, 0) is 47.5 Å². The number of aromatic nitrogens is 2. The molecule has 4 aliphatic rings. The number of aliphatic hydroxyl groups is 5. The van der Waals surface area contributed by atoms with Gasteiger partial charge in [-0.05, 0) is 120 Å². The van der Waals surface area contributed by atoms with Gasteiger partial charge in [0.05, 0.1) is 47.6 Å². The zero-order chi connectivity index (χ0) is 56.8. The van der Waals surface area contributed by atoms with Gasteiger partial charge in [-0.3, -0.25) is 23.9 Å². The van der Waals surface area contributed by atoms with Crippen LogP contribution in [0.3, 0.4) is 0 Å². The summed E-state index contributed by atoms with van der Waals surface area (Å²) in [6, 6.07) is -1.84. The number of aryl methyl sites for hydroxylation is 1. The number of H-pyrrole nitrogens is 1. The predicted octanol–water partition coefficient (Wildman–Crippen LogP) is 2.81. The van der Waals surface area contributed by atoms with Gasteiger partial charge in [0, 0.05) is 67.6 Å². The molecule has 1 aromatic heterocycles. The van der Waals surface area contributed by atoms with Crippen LogP contribution in [0.15, 0.2) is 20.9 Å². The molecule has 1 aromatic rings. The standard InChI is InChI=1S/C52H89N7O17/c1-15-37-52(11,68)43(62)32(7)58(13)24-27(2)22-50(9,67)45(30(5)42(31(6)47(65)74-37)75-40-23-51(10,69-14)44(63)33(8)72-40)76-48-41(61)35(20-29(4)71-48)57(12)19-17-16-18-39(60)70-26-36-34(55-56-53)21-38(73-36)59-25-28(3)46(64)54-49(59)66/h25,27,29-38,40-45,48,61-63,67-68H,15-24,26H2,1-14H3,(H,54,64,66)/t27-,29-,30+,31-,32-,33+,34?,35?,36-,37-,38-,40+,41-,42+,43-,44+,45-,48+,50-,51-,52-/m1/s1. The number of aliphatic hydroxyl groups excluding tert-OH is 3. The largest absolute Gasteiger partial charge is 0.463 e. The van der Waals surface area contributed by atoms with E-state index in [1.165, 1.54) is 24.8 Å². The number of likely N-dealkylation sites (N-methyl/N-ethyl adjacent to an activating group) is 2. The fraction of sp³-hybridized carbons (Fsp3) is 0.885. The molecule has 0 amide bonds. The third-order valence-corrected chi connectivity index (χ3v) is 16.5. The van der Waals surface area contributed by atoms with E-state index in [9.17, 15) is 50.2 Å². The first-order valence-electron chi connectivity index (χ1n) is 26.9. The van der Waals surface area contributed by atoms with Crippen molar-refractivity contribution in [3.05, 3.63) is 43.0 Å². The number of methoxy groups -OCH3 is 1. The average molecular weight is 1080 g/mol. The van der Waals surface area contributed by atoms with E-state index in [-0.39, 0.29) is 44.6 Å². The van der Waals surface area contributed by atoms with Gasteiger partial charge in [0.25, 0.3) is 5.56 Å². The highest BCUT2D eigenvalue weighted by molar-refractivity contribution is 5.73. The van der Waals surface area contributed by atoms with Crippen molar-refractivity contribution in [2.45, 2.75) is 236 Å². The maximum Gasteiger partial charge on any atom is 0.330 e. The van der Waals surface area contributed by atoms with Crippen LogP contribution in [0.1, 0.15) is 132 Å². The molecule has 4 aliphatic heterocycles. The molecule has 0 spiro atoms. The van der Waals surface area contributed by atoms with E-state index < -0.39 is 144 Å². The molecule has 0 radical (unpaired) electrons. The highest BCUT2D eigenvalue weighted by Gasteiger charge is 2.53. The highest BCUT2D eigenvalue weighted by atomic mass is 16.7. The lowest BCUT2D eigenvalue weighted by molar-refractivity contribution is -0.318. The maximum absolute atomic E-state index is 14.5. The molecule has 434 valence electrons. The molecule has 0 aliphatic carbocycles. The van der Waals surface area contributed by atoms with Gasteiger partial charge in [-0.1, -0.05) is 25.9 Å². The summed E-state index contributed by atoms with van der Waals surface area (Å²) >= 11 is 0. The summed E-state index contributed by atoms with van der Waals surface area (Å²) in [7, 11) is 5.15. The Balaban J connectivity index is 1.33. The number of nitrogens with one attached hydrogen (secondary N) is 1. The van der Waals surface area contributed by atoms with Gasteiger partial charge in [-0.25, -0.2) is 4.79 Å². The molecule has 0 bridgehead atoms. The molecule has 24 heteroatoms. The number of ether oxygens (including phenoxy) is 8. The smallest absolute Gasteiger partial charge is 0.330 e. The van der Waals surface area contributed by atoms with Crippen molar-refractivity contribution >= 4 is 11.9 Å². The van der Waals surface area contributed by atoms with Crippen LogP contribution >= 0.6 is 0 Å². The van der Waals surface area contributed by atoms with E-state index in [0.29, 0.717) is 37.9 Å². The molecule has 4 saturated heterocycles. The summed E-state index contributed by atoms with van der Waals surface area (Å²) in [4.78, 5) is 60.8. The van der Waals surface area contributed by atoms with Gasteiger partial charge in [0.1, 0.15) is 49.0 Å². The SMILES string of the molecule is CC[C@H]1OC(=O)[C@H](C)[C@@H](O[C@H]2C[C@@](C)(OC)[C@@H](O)[C@H](C)O2)[C@H](C)[C@@H](O[C@@H]2O[C@H](C)CC(N(C)CCCCC(=O)OC[C@H]3O[C@@H](n4cc(C)c(=O)[nH]c4=O)CC3N=[N+]=[N-])[C@H]2O)[C@](C)(O)C[C@@H](C)CN(C)[C@H](C)[C@@H](O)[C@]1(C)O. The summed E-state index contributed by atoms with van der Waals surface area (Å²) in [6.07, 6.45) is -8.86. The summed E-state index contributed by atoms with van der Waals surface area (Å²) < 4.78 is 50.8. The number of carbonyl (C=O) groups excluding carboxylic acids is 2. The van der Waals surface area contributed by atoms with Gasteiger partial charge in [-0.15, -0.1) is 0 Å². The van der Waals surface area contributed by atoms with Crippen molar-refractivity contribution in [2.75, 3.05) is 40.9 Å². The quantitative estimate of drug-likeness (QED) is 0.0456. The van der Waals surface area contributed by atoms with E-state index in [4.69, 9.17) is 37.9 Å². The Hall–Kier alpha value is -3.59. The number of hydrogen-bond acceptors (Lipinski definition) is 20. The minimum atomic E-state index is -1.87. The van der Waals surface area contributed by atoms with E-state index in [0.717, 1.165) is 0 Å². The number of unbranched alkanes of at least 4 members (excludes halogenated alkanes) is 1. The molecule has 4 fully saturated rings. The van der Waals surface area contributed by atoms with Crippen molar-refractivity contribution in [3.63, 3.8) is 0 Å². The summed E-state index contributed by atoms with van der Waals surface area (Å²) in [5.74, 6) is -3.46. The van der Waals surface area contributed by atoms with Gasteiger partial charge in [-0.2, -0.15) is 0 Å². The van der Waals surface area contributed by atoms with Crippen LogP contribution in [-0.4, -0.2) is 200 Å². The lowest BCUT2D eigenvalue weighted by atomic mass is 9.77. The Labute approximate surface area is 446 Å². The number of carbonyl (C=O) groups is 2. The molecule has 21 atom stereocenters. The van der Waals surface area contributed by atoms with Crippen LogP contribution in [0, 0.1) is 24.7 Å². The Morgan fingerprint density at radius 2 is 1.67 bits per heavy atom. The van der Waals surface area contributed by atoms with Crippen molar-refractivity contribution in [2.24, 2.45) is 22.9 Å². The lowest BCUT2D eigenvalue weighted by Crippen LogP contribution is -2.60. The first kappa shape index (κ1) is 63.2. The van der Waals surface area contributed by atoms with Gasteiger partial charge >= 0.3 is 17.6 Å². The topological polar surface area (TPSA) is 319 Å². The Kier molecular flexibility index (Phi) is 22.1. The number of cyclic esters (lactones) is 1. The zero-order valence-corrected chi connectivity index (χ0v) is 47.1. The van der Waals surface area contributed by atoms with Crippen LogP contribution in [0.5, 0.6) is 0 Å². The van der Waals surface area contributed by atoms with Gasteiger partial charge < -0.3 is 73.2 Å². The monoisotopic (exact) mass is 1080 g/mol. The molecular weight excluding hydrogens is 995 g/mol. The Morgan fingerprint density at radius 1 is 0.987 bits per heavy atom. The fourth-order valence-corrected chi connectivity index (χ4v) is 11.7. The molecule has 0 aromatic carbocycles. The number of rotatable bonds is 16. The summed E-state index contributed by atoms with van der Waals surface area (Å²) in [5.41, 5.74) is 3.62. The third kappa shape index (κ3) is 15.0. The van der Waals surface area contributed by atoms with Gasteiger partial charge in [0.2, 0.25) is 0 Å². The average Bonchev–Trinajstić information content (AvgIpc) is 3.76. The Morgan fingerprint density at radius 3 is 2.32 bits per heavy atom. The number of hydrogen-bond donors (Lipinski definition) is 6. The molecule has 5 heterocycles. The lowest BCUT2D eigenvalue weighted by Gasteiger charge is -2.49. The molecule has 5 rings (SSSR count). The van der Waals surface area contributed by atoms with Crippen LogP contribution in [0.4, 0.5) is 0 Å². The van der Waals surface area contributed by atoms with E-state index in [2.05, 4.69) is 15.0 Å². The molecule has 76 heavy (non-hydrogen) atoms. The van der Waals surface area contributed by atoms with Crippen LogP contribution in [0.25, 0.3) is 10.4 Å². The van der Waals surface area contributed by atoms with Gasteiger partial charge in [0.15, 0.2) is 12.6 Å². The molecule has 24 nitrogen and oxygen atoms in total. The number of nitrogens with zero attached hydrogens (tertiary/aromatic N) is 6. The van der Waals surface area contributed by atoms with Crippen molar-refractivity contribution in [1.29, 1.82) is 0 Å². The van der Waals surface area contributed by atoms with E-state index >= 15 is 0 Å². The first-order valence-corrected chi connectivity index (χ1v) is 26.9. The van der Waals surface area contributed by atoms with E-state index in [1.54, 1.807) is 55.4 Å². The minimum Gasteiger partial charge on any atom is -0.463 e. The van der Waals surface area contributed by atoms with Crippen molar-refractivity contribution in [1.82, 2.24) is 19.4 Å². The number of aromatic amines is 1. The molecular formula is C52H89N7O17. The fourth-order valence-electron chi connectivity index (χ4n) is 11.7. The number of esters is 2. The third-order valence-electron chi connectivity index (χ3n) is 16.5. The summed E-state index contributed by atoms with van der Waals surface area (Å²) in [5, 5.41) is 63.4. The summed E-state index contributed by atoms with van der Waals surface area (Å²) in [6.45, 7) is 19.4. The highest BCUT2D eigenvalue weighted by Crippen LogP contribution is 2.40. The Bertz CT molecular complexity index is 2240. The van der Waals surface area contributed by atoms with Crippen molar-refractivity contribution < 1.29 is 73.0 Å².